The number of anilines is 1. The van der Waals surface area contributed by atoms with Crippen molar-refractivity contribution < 1.29 is 9.13 Å². The van der Waals surface area contributed by atoms with E-state index >= 15 is 0 Å². The van der Waals surface area contributed by atoms with Gasteiger partial charge in [-0.3, -0.25) is 4.90 Å². The quantitative estimate of drug-likeness (QED) is 0.596. The van der Waals surface area contributed by atoms with E-state index in [1.807, 2.05) is 41.1 Å². The van der Waals surface area contributed by atoms with Gasteiger partial charge >= 0.3 is 0 Å². The van der Waals surface area contributed by atoms with Gasteiger partial charge in [-0.05, 0) is 46.7 Å². The van der Waals surface area contributed by atoms with Gasteiger partial charge < -0.3 is 9.64 Å². The summed E-state index contributed by atoms with van der Waals surface area (Å²) in [5, 5.41) is 12.5. The van der Waals surface area contributed by atoms with Crippen LogP contribution in [0.1, 0.15) is 30.8 Å². The van der Waals surface area contributed by atoms with Crippen molar-refractivity contribution in [1.29, 1.82) is 0 Å². The van der Waals surface area contributed by atoms with Crippen molar-refractivity contribution in [3.8, 4) is 5.75 Å². The highest BCUT2D eigenvalue weighted by Crippen LogP contribution is 2.26. The fraction of sp³-hybridized carbons (Fsp3) is 0.409. The van der Waals surface area contributed by atoms with E-state index in [4.69, 9.17) is 4.74 Å². The second kappa shape index (κ2) is 9.21. The van der Waals surface area contributed by atoms with E-state index < -0.39 is 0 Å². The molecule has 7 nitrogen and oxygen atoms in total. The lowest BCUT2D eigenvalue weighted by molar-refractivity contribution is 0.169. The molecule has 1 fully saturated rings. The molecule has 30 heavy (non-hydrogen) atoms. The van der Waals surface area contributed by atoms with Gasteiger partial charge in [0, 0.05) is 26.2 Å². The first kappa shape index (κ1) is 20.3. The van der Waals surface area contributed by atoms with Crippen molar-refractivity contribution in [2.24, 2.45) is 0 Å². The summed E-state index contributed by atoms with van der Waals surface area (Å²) in [5.41, 5.74) is 1.79. The zero-order valence-electron chi connectivity index (χ0n) is 17.4. The van der Waals surface area contributed by atoms with Crippen LogP contribution in [0.4, 0.5) is 10.1 Å². The smallest absolute Gasteiger partial charge is 0.168 e. The zero-order valence-corrected chi connectivity index (χ0v) is 17.4. The summed E-state index contributed by atoms with van der Waals surface area (Å²) in [6, 6.07) is 15.0. The Kier molecular flexibility index (Phi) is 6.23. The predicted octanol–water partition coefficient (Wildman–Crippen LogP) is 3.14. The summed E-state index contributed by atoms with van der Waals surface area (Å²) in [4.78, 5) is 4.51. The number of rotatable bonds is 7. The van der Waals surface area contributed by atoms with Crippen molar-refractivity contribution in [3.63, 3.8) is 0 Å². The van der Waals surface area contributed by atoms with E-state index in [9.17, 15) is 4.39 Å². The second-order valence-corrected chi connectivity index (χ2v) is 7.44. The second-order valence-electron chi connectivity index (χ2n) is 7.44. The molecule has 1 saturated heterocycles. The fourth-order valence-corrected chi connectivity index (χ4v) is 4.05. The van der Waals surface area contributed by atoms with Crippen LogP contribution in [0.15, 0.2) is 48.5 Å². The Labute approximate surface area is 176 Å². The molecule has 0 radical (unpaired) electrons. The van der Waals surface area contributed by atoms with E-state index in [0.29, 0.717) is 12.2 Å². The number of ether oxygens (including phenoxy) is 1. The number of methoxy groups -OCH3 is 1. The molecule has 0 N–H and O–H groups in total. The Balaban J connectivity index is 1.45. The summed E-state index contributed by atoms with van der Waals surface area (Å²) < 4.78 is 21.2. The third-order valence-electron chi connectivity index (χ3n) is 5.68. The molecule has 158 valence electrons. The van der Waals surface area contributed by atoms with Crippen molar-refractivity contribution >= 4 is 5.69 Å². The maximum absolute atomic E-state index is 14.1. The van der Waals surface area contributed by atoms with Crippen LogP contribution in [0, 0.1) is 5.82 Å². The Bertz CT molecular complexity index is 952. The highest BCUT2D eigenvalue weighted by Gasteiger charge is 2.28. The molecular formula is C22H27FN6O. The summed E-state index contributed by atoms with van der Waals surface area (Å²) >= 11 is 0. The molecule has 0 aliphatic carbocycles. The van der Waals surface area contributed by atoms with Crippen LogP contribution in [0.2, 0.25) is 0 Å². The molecule has 0 spiro atoms. The summed E-state index contributed by atoms with van der Waals surface area (Å²) in [7, 11) is 1.66. The maximum atomic E-state index is 14.1. The highest BCUT2D eigenvalue weighted by molar-refractivity contribution is 5.48. The molecule has 1 atom stereocenters. The molecule has 3 aromatic rings. The van der Waals surface area contributed by atoms with Gasteiger partial charge in [-0.2, -0.15) is 0 Å². The largest absolute Gasteiger partial charge is 0.497 e. The van der Waals surface area contributed by atoms with Gasteiger partial charge in [-0.1, -0.05) is 31.2 Å². The average Bonchev–Trinajstić information content (AvgIpc) is 3.23. The minimum Gasteiger partial charge on any atom is -0.497 e. The number of hydrogen-bond donors (Lipinski definition) is 0. The minimum absolute atomic E-state index is 0.126. The number of halogens is 1. The van der Waals surface area contributed by atoms with Gasteiger partial charge in [-0.15, -0.1) is 5.10 Å². The molecule has 2 heterocycles. The van der Waals surface area contributed by atoms with Gasteiger partial charge in [0.15, 0.2) is 5.82 Å². The highest BCUT2D eigenvalue weighted by atomic mass is 19.1. The number of para-hydroxylation sites is 1. The summed E-state index contributed by atoms with van der Waals surface area (Å²) in [6.45, 7) is 5.98. The minimum atomic E-state index is -0.165. The topological polar surface area (TPSA) is 59.3 Å². The first-order chi connectivity index (χ1) is 14.7. The average molecular weight is 410 g/mol. The molecule has 1 aromatic heterocycles. The molecule has 2 aromatic carbocycles. The van der Waals surface area contributed by atoms with Gasteiger partial charge in [0.2, 0.25) is 0 Å². The number of tetrazole rings is 1. The molecule has 8 heteroatoms. The first-order valence-corrected chi connectivity index (χ1v) is 10.3. The fourth-order valence-electron chi connectivity index (χ4n) is 4.05. The zero-order chi connectivity index (χ0) is 20.9. The maximum Gasteiger partial charge on any atom is 0.168 e. The normalized spacial score (nSPS) is 15.9. The summed E-state index contributed by atoms with van der Waals surface area (Å²) in [5.74, 6) is 1.53. The number of hydrogen-bond acceptors (Lipinski definition) is 6. The van der Waals surface area contributed by atoms with Crippen molar-refractivity contribution in [2.45, 2.75) is 25.9 Å². The molecule has 0 saturated carbocycles. The number of nitrogens with zero attached hydrogens (tertiary/aromatic N) is 6. The van der Waals surface area contributed by atoms with Crippen LogP contribution in [0.5, 0.6) is 5.75 Å². The lowest BCUT2D eigenvalue weighted by Crippen LogP contribution is -2.48. The first-order valence-electron chi connectivity index (χ1n) is 10.3. The Morgan fingerprint density at radius 3 is 2.43 bits per heavy atom. The van der Waals surface area contributed by atoms with E-state index in [0.717, 1.165) is 49.7 Å². The molecule has 1 aliphatic heterocycles. The van der Waals surface area contributed by atoms with Crippen LogP contribution in [-0.2, 0) is 6.54 Å². The van der Waals surface area contributed by atoms with Crippen molar-refractivity contribution in [1.82, 2.24) is 25.1 Å². The van der Waals surface area contributed by atoms with Crippen LogP contribution in [0.25, 0.3) is 0 Å². The lowest BCUT2D eigenvalue weighted by atomic mass is 10.1. The van der Waals surface area contributed by atoms with Crippen LogP contribution < -0.4 is 9.64 Å². The lowest BCUT2D eigenvalue weighted by Gasteiger charge is -2.39. The van der Waals surface area contributed by atoms with Gasteiger partial charge in [0.25, 0.3) is 0 Å². The van der Waals surface area contributed by atoms with E-state index in [2.05, 4.69) is 32.2 Å². The number of piperazine rings is 1. The third-order valence-corrected chi connectivity index (χ3v) is 5.68. The SMILES string of the molecule is CC[C@H](c1nnnn1Cc1ccc(OC)cc1)N1CCN(c2ccccc2F)CC1. The van der Waals surface area contributed by atoms with Gasteiger partial charge in [0.1, 0.15) is 11.6 Å². The number of aromatic nitrogens is 4. The molecular weight excluding hydrogens is 383 g/mol. The van der Waals surface area contributed by atoms with Crippen LogP contribution >= 0.6 is 0 Å². The predicted molar refractivity (Wildman–Crippen MR) is 113 cm³/mol. The monoisotopic (exact) mass is 410 g/mol. The Hall–Kier alpha value is -3.00. The van der Waals surface area contributed by atoms with E-state index in [1.54, 1.807) is 13.2 Å². The van der Waals surface area contributed by atoms with Crippen molar-refractivity contribution in [2.75, 3.05) is 38.2 Å². The molecule has 1 aliphatic rings. The molecule has 4 rings (SSSR count). The third kappa shape index (κ3) is 4.28. The van der Waals surface area contributed by atoms with Crippen LogP contribution in [-0.4, -0.2) is 58.4 Å². The summed E-state index contributed by atoms with van der Waals surface area (Å²) in [6.07, 6.45) is 0.905. The molecule has 0 amide bonds. The molecule has 0 unspecified atom stereocenters. The van der Waals surface area contributed by atoms with Crippen molar-refractivity contribution in [3.05, 3.63) is 65.7 Å². The standard InChI is InChI=1S/C22H27FN6O/c1-3-20(27-12-14-28(15-13-27)21-7-5-4-6-19(21)23)22-24-25-26-29(22)16-17-8-10-18(30-2)11-9-17/h4-11,20H,3,12-16H2,1-2H3/t20-/m1/s1. The Morgan fingerprint density at radius 1 is 1.03 bits per heavy atom. The van der Waals surface area contributed by atoms with E-state index in [1.165, 1.54) is 6.07 Å². The molecule has 0 bridgehead atoms. The van der Waals surface area contributed by atoms with Crippen LogP contribution in [0.3, 0.4) is 0 Å². The van der Waals surface area contributed by atoms with E-state index in [-0.39, 0.29) is 11.9 Å². The van der Waals surface area contributed by atoms with Gasteiger partial charge in [-0.25, -0.2) is 9.07 Å². The van der Waals surface area contributed by atoms with Gasteiger partial charge in [0.05, 0.1) is 25.4 Å². The Morgan fingerprint density at radius 2 is 1.77 bits per heavy atom. The number of benzene rings is 2.